The van der Waals surface area contributed by atoms with Gasteiger partial charge in [-0.2, -0.15) is 0 Å². The molecule has 1 heterocycles. The van der Waals surface area contributed by atoms with Gasteiger partial charge in [-0.15, -0.1) is 0 Å². The summed E-state index contributed by atoms with van der Waals surface area (Å²) < 4.78 is 6.64. The molecule has 0 N–H and O–H groups in total. The summed E-state index contributed by atoms with van der Waals surface area (Å²) >= 11 is 0. The molecule has 0 radical (unpaired) electrons. The molecule has 3 heteroatoms. The van der Waals surface area contributed by atoms with Gasteiger partial charge in [-0.05, 0) is 19.9 Å². The Morgan fingerprint density at radius 2 is 1.86 bits per heavy atom. The molecule has 0 amide bonds. The minimum Gasteiger partial charge on any atom is -0.495 e. The van der Waals surface area contributed by atoms with E-state index in [0.717, 1.165) is 0 Å². The van der Waals surface area contributed by atoms with E-state index in [1.54, 1.807) is 23.9 Å². The van der Waals surface area contributed by atoms with Gasteiger partial charge in [-0.1, -0.05) is 13.8 Å². The zero-order valence-electron chi connectivity index (χ0n) is 9.57. The van der Waals surface area contributed by atoms with E-state index in [0.29, 0.717) is 5.75 Å². The lowest BCUT2D eigenvalue weighted by Gasteiger charge is -2.10. The fourth-order valence-electron chi connectivity index (χ4n) is 1.01. The van der Waals surface area contributed by atoms with E-state index in [1.165, 1.54) is 6.07 Å². The van der Waals surface area contributed by atoms with Crippen LogP contribution in [0.2, 0.25) is 0 Å². The van der Waals surface area contributed by atoms with Crippen LogP contribution in [-0.4, -0.2) is 11.7 Å². The van der Waals surface area contributed by atoms with Gasteiger partial charge in [-0.25, -0.2) is 0 Å². The number of nitrogens with zero attached hydrogens (tertiary/aromatic N) is 1. The molecule has 0 saturated carbocycles. The van der Waals surface area contributed by atoms with Crippen LogP contribution in [0.4, 0.5) is 0 Å². The van der Waals surface area contributed by atoms with E-state index in [9.17, 15) is 4.79 Å². The van der Waals surface area contributed by atoms with Gasteiger partial charge < -0.3 is 9.30 Å². The second-order valence-electron chi connectivity index (χ2n) is 2.91. The van der Waals surface area contributed by atoms with Crippen molar-refractivity contribution in [2.45, 2.75) is 33.7 Å². The highest BCUT2D eigenvalue weighted by atomic mass is 16.5. The molecule has 1 rings (SSSR count). The lowest BCUT2D eigenvalue weighted by molar-refractivity contribution is 0.405. The maximum atomic E-state index is 11.2. The molecule has 0 aliphatic rings. The van der Waals surface area contributed by atoms with Gasteiger partial charge in [0.1, 0.15) is 5.75 Å². The molecule has 0 aliphatic heterocycles. The molecule has 3 nitrogen and oxygen atoms in total. The highest BCUT2D eigenvalue weighted by Gasteiger charge is 2.00. The van der Waals surface area contributed by atoms with Crippen molar-refractivity contribution in [2.75, 3.05) is 7.11 Å². The van der Waals surface area contributed by atoms with Crippen molar-refractivity contribution in [3.8, 4) is 5.75 Å². The molecule has 0 aliphatic carbocycles. The van der Waals surface area contributed by atoms with Gasteiger partial charge in [0.2, 0.25) is 0 Å². The number of hydrogen-bond acceptors (Lipinski definition) is 2. The van der Waals surface area contributed by atoms with Crippen LogP contribution in [0, 0.1) is 0 Å². The van der Waals surface area contributed by atoms with Crippen molar-refractivity contribution in [2.24, 2.45) is 0 Å². The topological polar surface area (TPSA) is 31.2 Å². The van der Waals surface area contributed by atoms with Crippen LogP contribution in [0.1, 0.15) is 33.7 Å². The lowest BCUT2D eigenvalue weighted by atomic mass is 10.3. The van der Waals surface area contributed by atoms with Gasteiger partial charge in [0.05, 0.1) is 7.11 Å². The van der Waals surface area contributed by atoms with Crippen LogP contribution in [0.25, 0.3) is 0 Å². The average Bonchev–Trinajstić information content (AvgIpc) is 2.21. The van der Waals surface area contributed by atoms with Crippen molar-refractivity contribution in [3.63, 3.8) is 0 Å². The summed E-state index contributed by atoms with van der Waals surface area (Å²) in [6.07, 6.45) is 1.72. The zero-order valence-corrected chi connectivity index (χ0v) is 9.57. The third-order valence-corrected chi connectivity index (χ3v) is 1.70. The molecule has 0 bridgehead atoms. The van der Waals surface area contributed by atoms with E-state index in [-0.39, 0.29) is 11.6 Å². The normalized spacial score (nSPS) is 9.29. The fraction of sp³-hybridized carbons (Fsp3) is 0.545. The molecule has 0 unspecified atom stereocenters. The summed E-state index contributed by atoms with van der Waals surface area (Å²) in [5, 5.41) is 0. The van der Waals surface area contributed by atoms with Crippen LogP contribution in [0.15, 0.2) is 23.1 Å². The summed E-state index contributed by atoms with van der Waals surface area (Å²) in [6, 6.07) is 3.35. The van der Waals surface area contributed by atoms with Gasteiger partial charge in [0.15, 0.2) is 0 Å². The van der Waals surface area contributed by atoms with Crippen molar-refractivity contribution >= 4 is 0 Å². The molecule has 0 atom stereocenters. The maximum absolute atomic E-state index is 11.2. The predicted molar refractivity (Wildman–Crippen MR) is 59.0 cm³/mol. The summed E-state index contributed by atoms with van der Waals surface area (Å²) in [5.41, 5.74) is 0.00537. The van der Waals surface area contributed by atoms with Crippen molar-refractivity contribution < 1.29 is 4.74 Å². The first-order valence-corrected chi connectivity index (χ1v) is 4.91. The highest BCUT2D eigenvalue weighted by Crippen LogP contribution is 2.08. The second-order valence-corrected chi connectivity index (χ2v) is 2.91. The van der Waals surface area contributed by atoms with E-state index in [2.05, 4.69) is 0 Å². The van der Waals surface area contributed by atoms with Gasteiger partial charge >= 0.3 is 0 Å². The fourth-order valence-corrected chi connectivity index (χ4v) is 1.01. The largest absolute Gasteiger partial charge is 0.495 e. The molecule has 1 aromatic rings. The van der Waals surface area contributed by atoms with Crippen LogP contribution in [-0.2, 0) is 0 Å². The van der Waals surface area contributed by atoms with Crippen LogP contribution in [0.5, 0.6) is 5.75 Å². The lowest BCUT2D eigenvalue weighted by Crippen LogP contribution is -2.19. The smallest absolute Gasteiger partial charge is 0.251 e. The van der Waals surface area contributed by atoms with Crippen LogP contribution >= 0.6 is 0 Å². The SMILES string of the molecule is CC.COc1ccc(=O)n(C(C)C)c1. The third kappa shape index (κ3) is 3.24. The Morgan fingerprint density at radius 3 is 2.29 bits per heavy atom. The minimum absolute atomic E-state index is 0.00537. The molecule has 0 fully saturated rings. The Hall–Kier alpha value is -1.25. The van der Waals surface area contributed by atoms with Crippen LogP contribution < -0.4 is 10.3 Å². The highest BCUT2D eigenvalue weighted by molar-refractivity contribution is 5.16. The van der Waals surface area contributed by atoms with Crippen molar-refractivity contribution in [1.82, 2.24) is 4.57 Å². The summed E-state index contributed by atoms with van der Waals surface area (Å²) in [6.45, 7) is 7.92. The standard InChI is InChI=1S/C9H13NO2.C2H6/c1-7(2)10-6-8(12-3)4-5-9(10)11;1-2/h4-7H,1-3H3;1-2H3. The molecule has 0 spiro atoms. The predicted octanol–water partition coefficient (Wildman–Crippen LogP) is 2.46. The number of ether oxygens (including phenoxy) is 1. The number of hydrogen-bond donors (Lipinski definition) is 0. The first-order chi connectivity index (χ1) is 6.65. The molecule has 0 aromatic carbocycles. The number of methoxy groups -OCH3 is 1. The number of aromatic nitrogens is 1. The molecule has 80 valence electrons. The molecule has 1 aromatic heterocycles. The Labute approximate surface area is 85.3 Å². The average molecular weight is 197 g/mol. The number of pyridine rings is 1. The van der Waals surface area contributed by atoms with E-state index in [1.807, 2.05) is 27.7 Å². The molecule has 14 heavy (non-hydrogen) atoms. The van der Waals surface area contributed by atoms with E-state index < -0.39 is 0 Å². The molecular weight excluding hydrogens is 178 g/mol. The Balaban J connectivity index is 0.000000791. The summed E-state index contributed by atoms with van der Waals surface area (Å²) in [5.74, 6) is 0.711. The Kier molecular flexibility index (Phi) is 5.68. The molecular formula is C11H19NO2. The monoisotopic (exact) mass is 197 g/mol. The van der Waals surface area contributed by atoms with Crippen molar-refractivity contribution in [1.29, 1.82) is 0 Å². The first-order valence-electron chi connectivity index (χ1n) is 4.91. The van der Waals surface area contributed by atoms with Gasteiger partial charge in [0.25, 0.3) is 5.56 Å². The Bertz CT molecular complexity index is 315. The molecule has 0 saturated heterocycles. The Morgan fingerprint density at radius 1 is 1.29 bits per heavy atom. The van der Waals surface area contributed by atoms with Gasteiger partial charge in [-0.3, -0.25) is 4.79 Å². The van der Waals surface area contributed by atoms with Crippen LogP contribution in [0.3, 0.4) is 0 Å². The van der Waals surface area contributed by atoms with E-state index in [4.69, 9.17) is 4.74 Å². The number of rotatable bonds is 2. The third-order valence-electron chi connectivity index (χ3n) is 1.70. The van der Waals surface area contributed by atoms with E-state index >= 15 is 0 Å². The minimum atomic E-state index is 0.00537. The van der Waals surface area contributed by atoms with Gasteiger partial charge in [0, 0.05) is 18.3 Å². The summed E-state index contributed by atoms with van der Waals surface area (Å²) in [7, 11) is 1.59. The maximum Gasteiger partial charge on any atom is 0.251 e. The second kappa shape index (κ2) is 6.24. The summed E-state index contributed by atoms with van der Waals surface area (Å²) in [4.78, 5) is 11.2. The first kappa shape index (κ1) is 12.8. The quantitative estimate of drug-likeness (QED) is 0.729. The van der Waals surface area contributed by atoms with Crippen molar-refractivity contribution in [3.05, 3.63) is 28.7 Å². The zero-order chi connectivity index (χ0) is 11.1.